The molecule has 0 aromatic heterocycles. The van der Waals surface area contributed by atoms with Crippen molar-refractivity contribution >= 4 is 10.8 Å². The zero-order valence-electron chi connectivity index (χ0n) is 5.30. The standard InChI is InChI=1S/C5H10NOS.Y/c6-3-5-1-2-8(7)4-5;/h5-6H,1-4H2;/q-1;. The van der Waals surface area contributed by atoms with Crippen LogP contribution in [-0.2, 0) is 43.5 Å². The predicted octanol–water partition coefficient (Wildman–Crippen LogP) is 0.805. The van der Waals surface area contributed by atoms with Crippen molar-refractivity contribution < 1.29 is 36.9 Å². The molecule has 0 aliphatic carbocycles. The predicted molar refractivity (Wildman–Crippen MR) is 35.2 cm³/mol. The molecular formula is C5H10NOSY-. The molecule has 1 heterocycles. The van der Waals surface area contributed by atoms with E-state index in [9.17, 15) is 4.21 Å². The first-order valence-electron chi connectivity index (χ1n) is 2.82. The summed E-state index contributed by atoms with van der Waals surface area (Å²) in [7, 11) is -0.573. The van der Waals surface area contributed by atoms with Crippen molar-refractivity contribution in [2.45, 2.75) is 6.42 Å². The molecule has 51 valence electrons. The van der Waals surface area contributed by atoms with Crippen LogP contribution in [0.1, 0.15) is 6.42 Å². The Bertz CT molecular complexity index is 109. The zero-order chi connectivity index (χ0) is 5.98. The third kappa shape index (κ3) is 3.21. The van der Waals surface area contributed by atoms with Crippen LogP contribution in [0, 0.1) is 5.92 Å². The molecule has 0 aromatic rings. The van der Waals surface area contributed by atoms with Crippen LogP contribution in [0.15, 0.2) is 0 Å². The van der Waals surface area contributed by atoms with E-state index >= 15 is 0 Å². The van der Waals surface area contributed by atoms with E-state index in [2.05, 4.69) is 0 Å². The smallest absolute Gasteiger partial charge is 0.0247 e. The van der Waals surface area contributed by atoms with Crippen LogP contribution in [0.4, 0.5) is 0 Å². The van der Waals surface area contributed by atoms with Crippen molar-refractivity contribution in [3.8, 4) is 0 Å². The van der Waals surface area contributed by atoms with Crippen molar-refractivity contribution in [2.75, 3.05) is 18.1 Å². The Kier molecular flexibility index (Phi) is 5.61. The van der Waals surface area contributed by atoms with E-state index in [4.69, 9.17) is 5.73 Å². The minimum absolute atomic E-state index is 0. The summed E-state index contributed by atoms with van der Waals surface area (Å²) in [6.07, 6.45) is 1.01. The van der Waals surface area contributed by atoms with Gasteiger partial charge in [0.2, 0.25) is 0 Å². The van der Waals surface area contributed by atoms with Crippen molar-refractivity contribution in [2.24, 2.45) is 5.92 Å². The van der Waals surface area contributed by atoms with Gasteiger partial charge in [-0.2, -0.15) is 0 Å². The molecule has 2 unspecified atom stereocenters. The number of hydrogen-bond donors (Lipinski definition) is 0. The summed E-state index contributed by atoms with van der Waals surface area (Å²) in [5.74, 6) is 2.06. The van der Waals surface area contributed by atoms with Crippen LogP contribution in [0.3, 0.4) is 0 Å². The second kappa shape index (κ2) is 4.94. The van der Waals surface area contributed by atoms with E-state index in [1.54, 1.807) is 0 Å². The van der Waals surface area contributed by atoms with Crippen LogP contribution >= 0.6 is 0 Å². The van der Waals surface area contributed by atoms with Gasteiger partial charge in [-0.3, -0.25) is 4.21 Å². The normalized spacial score (nSPS) is 33.9. The van der Waals surface area contributed by atoms with E-state index in [0.717, 1.165) is 17.9 Å². The van der Waals surface area contributed by atoms with Crippen LogP contribution in [0.2, 0.25) is 0 Å². The SMILES string of the molecule is [NH-]CC1CCS(=O)C1.[Y]. The van der Waals surface area contributed by atoms with Gasteiger partial charge >= 0.3 is 0 Å². The van der Waals surface area contributed by atoms with Crippen molar-refractivity contribution in [3.63, 3.8) is 0 Å². The van der Waals surface area contributed by atoms with E-state index in [1.165, 1.54) is 0 Å². The quantitative estimate of drug-likeness (QED) is 0.645. The van der Waals surface area contributed by atoms with Gasteiger partial charge in [0.15, 0.2) is 0 Å². The summed E-state index contributed by atoms with van der Waals surface area (Å²) in [6, 6.07) is 0. The van der Waals surface area contributed by atoms with E-state index in [0.29, 0.717) is 12.5 Å². The summed E-state index contributed by atoms with van der Waals surface area (Å²) in [5, 5.41) is 0. The molecule has 9 heavy (non-hydrogen) atoms. The fraction of sp³-hybridized carbons (Fsp3) is 1.00. The zero-order valence-corrected chi connectivity index (χ0v) is 8.95. The molecule has 0 saturated carbocycles. The molecule has 4 heteroatoms. The molecule has 0 spiro atoms. The molecule has 1 aliphatic rings. The second-order valence-corrected chi connectivity index (χ2v) is 3.79. The van der Waals surface area contributed by atoms with Gasteiger partial charge in [0.25, 0.3) is 0 Å². The Hall–Kier alpha value is 1.21. The van der Waals surface area contributed by atoms with Gasteiger partial charge in [0.1, 0.15) is 0 Å². The van der Waals surface area contributed by atoms with Gasteiger partial charge in [0.05, 0.1) is 0 Å². The fourth-order valence-electron chi connectivity index (χ4n) is 0.889. The number of nitrogens with one attached hydrogen (secondary N) is 1. The van der Waals surface area contributed by atoms with Gasteiger partial charge in [-0.05, 0) is 12.3 Å². The van der Waals surface area contributed by atoms with E-state index in [1.807, 2.05) is 0 Å². The molecule has 0 bridgehead atoms. The van der Waals surface area contributed by atoms with Crippen LogP contribution < -0.4 is 0 Å². The van der Waals surface area contributed by atoms with Crippen LogP contribution in [0.5, 0.6) is 0 Å². The first-order valence-corrected chi connectivity index (χ1v) is 4.31. The van der Waals surface area contributed by atoms with Gasteiger partial charge in [-0.1, -0.05) is 0 Å². The third-order valence-corrected chi connectivity index (χ3v) is 3.00. The van der Waals surface area contributed by atoms with Gasteiger partial charge < -0.3 is 5.73 Å². The Morgan fingerprint density at radius 2 is 2.33 bits per heavy atom. The second-order valence-electron chi connectivity index (χ2n) is 2.17. The number of rotatable bonds is 1. The molecule has 1 saturated heterocycles. The average Bonchev–Trinajstić information content (AvgIpc) is 2.14. The maximum Gasteiger partial charge on any atom is 0.0247 e. The Morgan fingerprint density at radius 3 is 2.56 bits per heavy atom. The van der Waals surface area contributed by atoms with Crippen molar-refractivity contribution in [1.82, 2.24) is 0 Å². The summed E-state index contributed by atoms with van der Waals surface area (Å²) in [4.78, 5) is 0. The fourth-order valence-corrected chi connectivity index (χ4v) is 2.46. The molecule has 1 radical (unpaired) electrons. The Balaban J connectivity index is 0.000000640. The Labute approximate surface area is 83.3 Å². The average molecular weight is 221 g/mol. The topological polar surface area (TPSA) is 40.9 Å². The summed E-state index contributed by atoms with van der Waals surface area (Å²) in [5.41, 5.74) is 6.96. The van der Waals surface area contributed by atoms with E-state index in [-0.39, 0.29) is 32.7 Å². The molecule has 1 N–H and O–H groups in total. The molecule has 1 fully saturated rings. The molecule has 2 atom stereocenters. The largest absolute Gasteiger partial charge is 0.677 e. The number of hydrogen-bond acceptors (Lipinski definition) is 1. The molecule has 1 rings (SSSR count). The molecular weight excluding hydrogens is 211 g/mol. The van der Waals surface area contributed by atoms with Crippen LogP contribution in [0.25, 0.3) is 5.73 Å². The van der Waals surface area contributed by atoms with Crippen LogP contribution in [-0.4, -0.2) is 22.3 Å². The van der Waals surface area contributed by atoms with Crippen molar-refractivity contribution in [3.05, 3.63) is 5.73 Å². The molecule has 0 aromatic carbocycles. The maximum absolute atomic E-state index is 10.6. The minimum atomic E-state index is -0.573. The van der Waals surface area contributed by atoms with Gasteiger partial charge in [0, 0.05) is 55.0 Å². The third-order valence-electron chi connectivity index (χ3n) is 1.46. The monoisotopic (exact) mass is 221 g/mol. The minimum Gasteiger partial charge on any atom is -0.677 e. The van der Waals surface area contributed by atoms with E-state index < -0.39 is 10.8 Å². The first kappa shape index (κ1) is 10.2. The molecule has 1 aliphatic heterocycles. The first-order chi connectivity index (χ1) is 3.83. The summed E-state index contributed by atoms with van der Waals surface area (Å²) in [6.45, 7) is 0.464. The summed E-state index contributed by atoms with van der Waals surface area (Å²) < 4.78 is 10.6. The maximum atomic E-state index is 10.6. The Morgan fingerprint density at radius 1 is 1.67 bits per heavy atom. The summed E-state index contributed by atoms with van der Waals surface area (Å²) >= 11 is 0. The van der Waals surface area contributed by atoms with Gasteiger partial charge in [-0.15, -0.1) is 6.54 Å². The van der Waals surface area contributed by atoms with Crippen molar-refractivity contribution in [1.29, 1.82) is 0 Å². The van der Waals surface area contributed by atoms with Gasteiger partial charge in [-0.25, -0.2) is 0 Å². The molecule has 2 nitrogen and oxygen atoms in total. The molecule has 0 amide bonds.